The van der Waals surface area contributed by atoms with E-state index < -0.39 is 15.8 Å². The number of esters is 1. The molecule has 1 aromatic heterocycles. The SMILES string of the molecule is COC(=O)c1ccc(C2CC(=O)Nc3c(S(=O)(=O)c4ccc(Cl)cc4)csc32)cc1. The first-order valence-corrected chi connectivity index (χ1v) is 11.7. The number of methoxy groups -OCH3 is 1. The lowest BCUT2D eigenvalue weighted by molar-refractivity contribution is -0.116. The smallest absolute Gasteiger partial charge is 0.337 e. The van der Waals surface area contributed by atoms with Crippen LogP contribution in [0.2, 0.25) is 5.02 Å². The average Bonchev–Trinajstić information content (AvgIpc) is 3.17. The number of benzene rings is 2. The molecule has 1 aliphatic heterocycles. The number of nitrogens with one attached hydrogen (secondary N) is 1. The van der Waals surface area contributed by atoms with Crippen molar-refractivity contribution >= 4 is 50.3 Å². The molecule has 1 amide bonds. The molecule has 0 saturated heterocycles. The summed E-state index contributed by atoms with van der Waals surface area (Å²) in [7, 11) is -2.52. The van der Waals surface area contributed by atoms with Crippen LogP contribution in [0, 0.1) is 0 Å². The Hall–Kier alpha value is -2.68. The van der Waals surface area contributed by atoms with Crippen molar-refractivity contribution < 1.29 is 22.7 Å². The molecule has 1 atom stereocenters. The Morgan fingerprint density at radius 2 is 1.80 bits per heavy atom. The van der Waals surface area contributed by atoms with Crippen LogP contribution >= 0.6 is 22.9 Å². The fourth-order valence-corrected chi connectivity index (χ4v) is 6.42. The summed E-state index contributed by atoms with van der Waals surface area (Å²) in [5, 5.41) is 4.71. The van der Waals surface area contributed by atoms with Crippen molar-refractivity contribution in [3.8, 4) is 0 Å². The lowest BCUT2D eigenvalue weighted by Gasteiger charge is -2.24. The maximum absolute atomic E-state index is 13.1. The molecule has 1 aliphatic rings. The molecule has 2 heterocycles. The van der Waals surface area contributed by atoms with Gasteiger partial charge in [-0.25, -0.2) is 13.2 Å². The minimum Gasteiger partial charge on any atom is -0.465 e. The number of amides is 1. The van der Waals surface area contributed by atoms with Crippen molar-refractivity contribution in [2.45, 2.75) is 22.1 Å². The van der Waals surface area contributed by atoms with Crippen molar-refractivity contribution in [1.82, 2.24) is 0 Å². The zero-order valence-electron chi connectivity index (χ0n) is 15.7. The molecule has 1 N–H and O–H groups in total. The molecule has 154 valence electrons. The molecule has 3 aromatic rings. The highest BCUT2D eigenvalue weighted by atomic mass is 35.5. The van der Waals surface area contributed by atoms with E-state index in [4.69, 9.17) is 16.3 Å². The van der Waals surface area contributed by atoms with Gasteiger partial charge in [-0.3, -0.25) is 4.79 Å². The van der Waals surface area contributed by atoms with Crippen molar-refractivity contribution in [3.05, 3.63) is 74.9 Å². The van der Waals surface area contributed by atoms with Gasteiger partial charge in [-0.15, -0.1) is 11.3 Å². The first-order chi connectivity index (χ1) is 14.3. The van der Waals surface area contributed by atoms with Crippen LogP contribution in [-0.2, 0) is 19.4 Å². The summed E-state index contributed by atoms with van der Waals surface area (Å²) in [6.07, 6.45) is 0.186. The van der Waals surface area contributed by atoms with Crippen molar-refractivity contribution in [1.29, 1.82) is 0 Å². The van der Waals surface area contributed by atoms with E-state index >= 15 is 0 Å². The molecule has 0 aliphatic carbocycles. The second-order valence-corrected chi connectivity index (χ2v) is 9.98. The molecule has 4 rings (SSSR count). The topological polar surface area (TPSA) is 89.5 Å². The molecule has 0 radical (unpaired) electrons. The van der Waals surface area contributed by atoms with E-state index in [9.17, 15) is 18.0 Å². The maximum atomic E-state index is 13.1. The number of anilines is 1. The Bertz CT molecular complexity index is 1230. The number of carbonyl (C=O) groups excluding carboxylic acids is 2. The number of hydrogen-bond acceptors (Lipinski definition) is 6. The largest absolute Gasteiger partial charge is 0.465 e. The highest BCUT2D eigenvalue weighted by Crippen LogP contribution is 2.45. The van der Waals surface area contributed by atoms with Gasteiger partial charge >= 0.3 is 5.97 Å². The fourth-order valence-electron chi connectivity index (χ4n) is 3.38. The predicted molar refractivity (Wildman–Crippen MR) is 114 cm³/mol. The molecular formula is C21H16ClNO5S2. The predicted octanol–water partition coefficient (Wildman–Crippen LogP) is 4.50. The molecule has 1 unspecified atom stereocenters. The summed E-state index contributed by atoms with van der Waals surface area (Å²) < 4.78 is 31.0. The number of fused-ring (bicyclic) bond motifs is 1. The average molecular weight is 462 g/mol. The van der Waals surface area contributed by atoms with Crippen LogP contribution < -0.4 is 5.32 Å². The Labute approximate surface area is 182 Å². The minimum absolute atomic E-state index is 0.0639. The first kappa shape index (κ1) is 20.6. The van der Waals surface area contributed by atoms with Gasteiger partial charge in [0.1, 0.15) is 4.90 Å². The van der Waals surface area contributed by atoms with Crippen LogP contribution in [0.4, 0.5) is 5.69 Å². The number of hydrogen-bond donors (Lipinski definition) is 1. The van der Waals surface area contributed by atoms with E-state index in [1.165, 1.54) is 42.7 Å². The van der Waals surface area contributed by atoms with Gasteiger partial charge in [0.15, 0.2) is 0 Å². The molecule has 6 nitrogen and oxygen atoms in total. The van der Waals surface area contributed by atoms with Gasteiger partial charge in [0.05, 0.1) is 23.3 Å². The molecular weight excluding hydrogens is 446 g/mol. The molecule has 0 bridgehead atoms. The van der Waals surface area contributed by atoms with Crippen LogP contribution in [0.15, 0.2) is 63.7 Å². The number of carbonyl (C=O) groups is 2. The van der Waals surface area contributed by atoms with E-state index in [1.54, 1.807) is 29.6 Å². The number of ether oxygens (including phenoxy) is 1. The van der Waals surface area contributed by atoms with Crippen molar-refractivity contribution in [2.24, 2.45) is 0 Å². The zero-order valence-corrected chi connectivity index (χ0v) is 18.1. The lowest BCUT2D eigenvalue weighted by Crippen LogP contribution is -2.23. The van der Waals surface area contributed by atoms with E-state index in [-0.39, 0.29) is 28.0 Å². The van der Waals surface area contributed by atoms with Crippen molar-refractivity contribution in [2.75, 3.05) is 12.4 Å². The summed E-state index contributed by atoms with van der Waals surface area (Å²) in [5.74, 6) is -1.02. The number of sulfone groups is 1. The Balaban J connectivity index is 1.75. The van der Waals surface area contributed by atoms with Crippen LogP contribution in [0.5, 0.6) is 0 Å². The van der Waals surface area contributed by atoms with E-state index in [2.05, 4.69) is 5.32 Å². The van der Waals surface area contributed by atoms with Gasteiger partial charge in [0.2, 0.25) is 15.7 Å². The third-order valence-electron chi connectivity index (χ3n) is 4.90. The molecule has 0 saturated carbocycles. The molecule has 0 spiro atoms. The van der Waals surface area contributed by atoms with E-state index in [1.807, 2.05) is 0 Å². The van der Waals surface area contributed by atoms with Crippen LogP contribution in [0.3, 0.4) is 0 Å². The third kappa shape index (κ3) is 3.62. The Kier molecular flexibility index (Phi) is 5.40. The lowest BCUT2D eigenvalue weighted by atomic mass is 9.90. The summed E-state index contributed by atoms with van der Waals surface area (Å²) in [6.45, 7) is 0. The quantitative estimate of drug-likeness (QED) is 0.578. The Morgan fingerprint density at radius 3 is 2.43 bits per heavy atom. The standard InChI is InChI=1S/C21H16ClNO5S2/c1-28-21(25)13-4-2-12(3-5-13)16-10-18(24)23-19-17(11-29-20(16)19)30(26,27)15-8-6-14(22)7-9-15/h2-9,11,16H,10H2,1H3,(H,23,24). The van der Waals surface area contributed by atoms with Gasteiger partial charge in [0, 0.05) is 27.6 Å². The van der Waals surface area contributed by atoms with Crippen LogP contribution in [-0.4, -0.2) is 27.4 Å². The highest BCUT2D eigenvalue weighted by molar-refractivity contribution is 7.91. The highest BCUT2D eigenvalue weighted by Gasteiger charge is 2.34. The van der Waals surface area contributed by atoms with Gasteiger partial charge < -0.3 is 10.1 Å². The normalized spacial score (nSPS) is 15.9. The van der Waals surface area contributed by atoms with E-state index in [0.29, 0.717) is 16.3 Å². The first-order valence-electron chi connectivity index (χ1n) is 8.91. The van der Waals surface area contributed by atoms with E-state index in [0.717, 1.165) is 10.4 Å². The number of thiophene rings is 1. The van der Waals surface area contributed by atoms with Crippen LogP contribution in [0.1, 0.15) is 33.1 Å². The maximum Gasteiger partial charge on any atom is 0.337 e. The summed E-state index contributed by atoms with van der Waals surface area (Å²) in [5.41, 5.74) is 1.53. The second-order valence-electron chi connectivity index (χ2n) is 6.72. The molecule has 0 fully saturated rings. The second kappa shape index (κ2) is 7.86. The van der Waals surface area contributed by atoms with Crippen molar-refractivity contribution in [3.63, 3.8) is 0 Å². The van der Waals surface area contributed by atoms with Gasteiger partial charge in [-0.05, 0) is 42.0 Å². The molecule has 9 heteroatoms. The number of halogens is 1. The summed E-state index contributed by atoms with van der Waals surface area (Å²) >= 11 is 7.15. The summed E-state index contributed by atoms with van der Waals surface area (Å²) in [4.78, 5) is 25.0. The summed E-state index contributed by atoms with van der Waals surface area (Å²) in [6, 6.07) is 12.7. The van der Waals surface area contributed by atoms with Crippen LogP contribution in [0.25, 0.3) is 0 Å². The molecule has 30 heavy (non-hydrogen) atoms. The zero-order chi connectivity index (χ0) is 21.5. The van der Waals surface area contributed by atoms with Gasteiger partial charge in [-0.1, -0.05) is 23.7 Å². The Morgan fingerprint density at radius 1 is 1.13 bits per heavy atom. The van der Waals surface area contributed by atoms with Gasteiger partial charge in [0.25, 0.3) is 0 Å². The number of rotatable bonds is 4. The molecule has 2 aromatic carbocycles. The third-order valence-corrected chi connectivity index (χ3v) is 8.19. The minimum atomic E-state index is -3.83. The fraction of sp³-hybridized carbons (Fsp3) is 0.143. The monoisotopic (exact) mass is 461 g/mol. The van der Waals surface area contributed by atoms with Gasteiger partial charge in [-0.2, -0.15) is 0 Å².